The fraction of sp³-hybridized carbons (Fsp3) is 0. The van der Waals surface area contributed by atoms with Crippen LogP contribution < -0.4 is 5.32 Å². The highest BCUT2D eigenvalue weighted by Gasteiger charge is 2.29. The lowest BCUT2D eigenvalue weighted by Crippen LogP contribution is -2.34. The van der Waals surface area contributed by atoms with E-state index in [2.05, 4.69) is 27.3 Å². The molecule has 0 radical (unpaired) electrons. The van der Waals surface area contributed by atoms with E-state index < -0.39 is 11.8 Å². The Hall–Kier alpha value is -3.49. The Kier molecular flexibility index (Phi) is 2.81. The van der Waals surface area contributed by atoms with E-state index in [1.165, 1.54) is 0 Å². The van der Waals surface area contributed by atoms with Crippen LogP contribution in [-0.2, 0) is 0 Å². The van der Waals surface area contributed by atoms with Crippen LogP contribution in [0.25, 0.3) is 43.1 Å². The van der Waals surface area contributed by atoms with Gasteiger partial charge >= 0.3 is 0 Å². The molecular weight excluding hydrogens is 416 g/mol. The number of fused-ring (bicyclic) bond motifs is 2. The number of nitrogens with one attached hydrogen (secondary N) is 1. The normalized spacial score (nSPS) is 13.6. The second-order valence-corrected chi connectivity index (χ2v) is 7.83. The van der Waals surface area contributed by atoms with Crippen LogP contribution in [0.4, 0.5) is 0 Å². The number of hydrogen-bond acceptors (Lipinski definition) is 3. The van der Waals surface area contributed by atoms with E-state index in [0.717, 1.165) is 42.2 Å². The van der Waals surface area contributed by atoms with Gasteiger partial charge in [0.25, 0.3) is 11.8 Å². The number of nitriles is 1. The molecule has 1 heterocycles. The van der Waals surface area contributed by atoms with E-state index in [4.69, 9.17) is 0 Å². The molecule has 4 nitrogen and oxygen atoms in total. The molecule has 0 atom stereocenters. The molecule has 0 unspecified atom stereocenters. The monoisotopic (exact) mass is 424 g/mol. The molecule has 5 heteroatoms. The lowest BCUT2D eigenvalue weighted by atomic mass is 9.83. The lowest BCUT2D eigenvalue weighted by molar-refractivity contribution is 0.0845. The summed E-state index contributed by atoms with van der Waals surface area (Å²) >= 11 is 3.66. The molecule has 6 rings (SSSR count). The minimum absolute atomic E-state index is 0.370. The molecule has 1 aliphatic heterocycles. The summed E-state index contributed by atoms with van der Waals surface area (Å²) in [5, 5.41) is 19.5. The summed E-state index contributed by atoms with van der Waals surface area (Å²) in [4.78, 5) is 25.0. The highest BCUT2D eigenvalue weighted by molar-refractivity contribution is 9.10. The Morgan fingerprint density at radius 2 is 1.57 bits per heavy atom. The number of imide groups is 1. The fourth-order valence-electron chi connectivity index (χ4n) is 4.57. The second kappa shape index (κ2) is 5.06. The van der Waals surface area contributed by atoms with Crippen molar-refractivity contribution >= 4 is 70.8 Å². The van der Waals surface area contributed by atoms with Gasteiger partial charge in [-0.05, 0) is 39.7 Å². The molecule has 0 saturated carbocycles. The van der Waals surface area contributed by atoms with Gasteiger partial charge in [-0.15, -0.1) is 0 Å². The first-order valence-electron chi connectivity index (χ1n) is 8.71. The Morgan fingerprint density at radius 1 is 0.786 bits per heavy atom. The number of nitrogens with zero attached hydrogens (tertiary/aromatic N) is 1. The molecule has 0 aliphatic carbocycles. The van der Waals surface area contributed by atoms with Crippen molar-refractivity contribution < 1.29 is 9.59 Å². The van der Waals surface area contributed by atoms with E-state index in [0.29, 0.717) is 22.1 Å². The van der Waals surface area contributed by atoms with Crippen molar-refractivity contribution in [1.29, 1.82) is 5.26 Å². The molecule has 1 aliphatic rings. The molecular formula is C23H9BrN2O2. The van der Waals surface area contributed by atoms with E-state index >= 15 is 0 Å². The van der Waals surface area contributed by atoms with Crippen LogP contribution in [0.2, 0.25) is 0 Å². The third-order valence-corrected chi connectivity index (χ3v) is 6.32. The van der Waals surface area contributed by atoms with E-state index in [1.807, 2.05) is 36.4 Å². The molecule has 0 spiro atoms. The molecule has 1 N–H and O–H groups in total. The van der Waals surface area contributed by atoms with Crippen molar-refractivity contribution in [3.05, 3.63) is 69.7 Å². The average Bonchev–Trinajstić information content (AvgIpc) is 2.71. The Bertz CT molecular complexity index is 1590. The number of halogens is 1. The topological polar surface area (TPSA) is 70.0 Å². The standard InChI is InChI=1S/C23H9BrN2O2/c24-16-7-4-10-2-1-3-12-13-5-6-14-19-15(23(28)26-22(14)27)8-11(9-25)18(20(13)19)21(16)17(10)12/h1-8H,(H,26,27,28). The van der Waals surface area contributed by atoms with Crippen molar-refractivity contribution in [3.8, 4) is 6.07 Å². The smallest absolute Gasteiger partial charge is 0.258 e. The highest BCUT2D eigenvalue weighted by Crippen LogP contribution is 2.46. The lowest BCUT2D eigenvalue weighted by Gasteiger charge is -2.22. The Balaban J connectivity index is 2.09. The first-order valence-corrected chi connectivity index (χ1v) is 9.51. The van der Waals surface area contributed by atoms with Crippen LogP contribution in [0.15, 0.2) is 53.0 Å². The molecule has 5 aromatic carbocycles. The maximum Gasteiger partial charge on any atom is 0.258 e. The summed E-state index contributed by atoms with van der Waals surface area (Å²) in [7, 11) is 0. The maximum atomic E-state index is 12.5. The maximum absolute atomic E-state index is 12.5. The van der Waals surface area contributed by atoms with Crippen LogP contribution >= 0.6 is 15.9 Å². The molecule has 0 aromatic heterocycles. The van der Waals surface area contributed by atoms with Gasteiger partial charge in [0.2, 0.25) is 0 Å². The quantitative estimate of drug-likeness (QED) is 0.209. The van der Waals surface area contributed by atoms with Crippen molar-refractivity contribution in [3.63, 3.8) is 0 Å². The van der Waals surface area contributed by atoms with Crippen LogP contribution in [0, 0.1) is 11.3 Å². The summed E-state index contributed by atoms with van der Waals surface area (Å²) in [5.74, 6) is -0.871. The first kappa shape index (κ1) is 15.6. The fourth-order valence-corrected chi connectivity index (χ4v) is 5.10. The number of hydrogen-bond donors (Lipinski definition) is 1. The van der Waals surface area contributed by atoms with Gasteiger partial charge in [-0.2, -0.15) is 5.26 Å². The van der Waals surface area contributed by atoms with E-state index in [1.54, 1.807) is 12.1 Å². The molecule has 130 valence electrons. The van der Waals surface area contributed by atoms with E-state index in [9.17, 15) is 14.9 Å². The molecule has 0 bridgehead atoms. The summed E-state index contributed by atoms with van der Waals surface area (Å²) in [6.07, 6.45) is 0. The Labute approximate surface area is 166 Å². The summed E-state index contributed by atoms with van der Waals surface area (Å²) in [6.45, 7) is 0. The first-order chi connectivity index (χ1) is 13.6. The number of rotatable bonds is 0. The molecule has 2 amide bonds. The minimum atomic E-state index is -0.464. The minimum Gasteiger partial charge on any atom is -0.288 e. The van der Waals surface area contributed by atoms with Crippen molar-refractivity contribution in [2.75, 3.05) is 0 Å². The zero-order valence-electron chi connectivity index (χ0n) is 14.3. The van der Waals surface area contributed by atoms with Gasteiger partial charge in [-0.1, -0.05) is 46.3 Å². The second-order valence-electron chi connectivity index (χ2n) is 6.98. The third kappa shape index (κ3) is 1.69. The predicted octanol–water partition coefficient (Wildman–Crippen LogP) is 5.25. The van der Waals surface area contributed by atoms with Gasteiger partial charge in [-0.3, -0.25) is 14.9 Å². The molecule has 0 saturated heterocycles. The largest absolute Gasteiger partial charge is 0.288 e. The number of amides is 2. The van der Waals surface area contributed by atoms with Gasteiger partial charge in [-0.25, -0.2) is 0 Å². The van der Waals surface area contributed by atoms with Crippen molar-refractivity contribution in [2.24, 2.45) is 0 Å². The zero-order valence-corrected chi connectivity index (χ0v) is 15.8. The number of carbonyl (C=O) groups is 2. The molecule has 0 fully saturated rings. The summed E-state index contributed by atoms with van der Waals surface area (Å²) in [6, 6.07) is 17.7. The molecule has 5 aromatic rings. The third-order valence-electron chi connectivity index (χ3n) is 5.65. The van der Waals surface area contributed by atoms with Gasteiger partial charge in [0, 0.05) is 37.1 Å². The van der Waals surface area contributed by atoms with Gasteiger partial charge in [0.15, 0.2) is 0 Å². The van der Waals surface area contributed by atoms with Crippen molar-refractivity contribution in [1.82, 2.24) is 5.32 Å². The number of benzene rings is 5. The average molecular weight is 425 g/mol. The van der Waals surface area contributed by atoms with Crippen LogP contribution in [-0.4, -0.2) is 11.8 Å². The summed E-state index contributed by atoms with van der Waals surface area (Å²) in [5.41, 5.74) is 1.25. The highest BCUT2D eigenvalue weighted by atomic mass is 79.9. The van der Waals surface area contributed by atoms with Crippen molar-refractivity contribution in [2.45, 2.75) is 0 Å². The Morgan fingerprint density at radius 3 is 2.39 bits per heavy atom. The van der Waals surface area contributed by atoms with Gasteiger partial charge in [0.05, 0.1) is 11.6 Å². The molecule has 28 heavy (non-hydrogen) atoms. The number of carbonyl (C=O) groups excluding carboxylic acids is 2. The van der Waals surface area contributed by atoms with E-state index in [-0.39, 0.29) is 0 Å². The van der Waals surface area contributed by atoms with Gasteiger partial charge < -0.3 is 0 Å². The predicted molar refractivity (Wildman–Crippen MR) is 112 cm³/mol. The summed E-state index contributed by atoms with van der Waals surface area (Å²) < 4.78 is 0.877. The SMILES string of the molecule is N#Cc1cc2c3c(ccc4c5cccc6ccc(Br)c(c1c34)c65)C(=O)NC2=O. The zero-order chi connectivity index (χ0) is 19.2. The van der Waals surface area contributed by atoms with Crippen LogP contribution in [0.5, 0.6) is 0 Å². The van der Waals surface area contributed by atoms with Crippen LogP contribution in [0.3, 0.4) is 0 Å². The van der Waals surface area contributed by atoms with Gasteiger partial charge in [0.1, 0.15) is 0 Å². The van der Waals surface area contributed by atoms with Crippen LogP contribution in [0.1, 0.15) is 26.3 Å².